The molecular formula is C8H19NO. The fraction of sp³-hybridized carbons (Fsp3) is 1.00. The maximum absolute atomic E-state index is 5.42. The van der Waals surface area contributed by atoms with Crippen LogP contribution in [0.15, 0.2) is 0 Å². The molecule has 1 atom stereocenters. The van der Waals surface area contributed by atoms with Gasteiger partial charge in [-0.3, -0.25) is 0 Å². The van der Waals surface area contributed by atoms with Crippen LogP contribution in [0.2, 0.25) is 0 Å². The Morgan fingerprint density at radius 2 is 2.00 bits per heavy atom. The summed E-state index contributed by atoms with van der Waals surface area (Å²) < 4.78 is 5.42. The molecule has 0 aromatic rings. The third-order valence-corrected chi connectivity index (χ3v) is 1.53. The lowest BCUT2D eigenvalue weighted by Gasteiger charge is -2.15. The molecule has 0 aliphatic rings. The first-order chi connectivity index (χ1) is 4.70. The molecule has 10 heavy (non-hydrogen) atoms. The van der Waals surface area contributed by atoms with Crippen molar-refractivity contribution in [3.63, 3.8) is 0 Å². The van der Waals surface area contributed by atoms with Crippen molar-refractivity contribution in [1.29, 1.82) is 0 Å². The number of ether oxygens (including phenoxy) is 1. The molecule has 2 heteroatoms. The van der Waals surface area contributed by atoms with Crippen LogP contribution in [0.3, 0.4) is 0 Å². The Morgan fingerprint density at radius 3 is 2.30 bits per heavy atom. The molecule has 1 N–H and O–H groups in total. The molecule has 0 saturated heterocycles. The Kier molecular flexibility index (Phi) is 5.64. The maximum Gasteiger partial charge on any atom is 0.0622 e. The number of rotatable bonds is 5. The molecule has 1 unspecified atom stereocenters. The van der Waals surface area contributed by atoms with Crippen molar-refractivity contribution in [2.24, 2.45) is 0 Å². The van der Waals surface area contributed by atoms with E-state index in [-0.39, 0.29) is 0 Å². The van der Waals surface area contributed by atoms with E-state index in [0.717, 1.165) is 13.0 Å². The Balaban J connectivity index is 3.26. The van der Waals surface area contributed by atoms with Crippen molar-refractivity contribution in [2.75, 3.05) is 13.7 Å². The van der Waals surface area contributed by atoms with Crippen LogP contribution in [0.5, 0.6) is 0 Å². The van der Waals surface area contributed by atoms with Gasteiger partial charge in [-0.25, -0.2) is 0 Å². The summed E-state index contributed by atoms with van der Waals surface area (Å²) in [5.41, 5.74) is 0. The summed E-state index contributed by atoms with van der Waals surface area (Å²) >= 11 is 0. The molecule has 0 aromatic heterocycles. The van der Waals surface area contributed by atoms with Gasteiger partial charge in [0.1, 0.15) is 0 Å². The van der Waals surface area contributed by atoms with E-state index in [1.54, 1.807) is 0 Å². The third kappa shape index (κ3) is 4.77. The number of likely N-dealkylation sites (N-methyl/N-ethyl adjacent to an activating group) is 1. The average molecular weight is 145 g/mol. The van der Waals surface area contributed by atoms with Crippen molar-refractivity contribution in [1.82, 2.24) is 5.32 Å². The van der Waals surface area contributed by atoms with E-state index in [1.165, 1.54) is 0 Å². The van der Waals surface area contributed by atoms with Gasteiger partial charge in [0, 0.05) is 6.04 Å². The normalized spacial score (nSPS) is 14.1. The molecule has 0 saturated carbocycles. The van der Waals surface area contributed by atoms with Gasteiger partial charge in [0.25, 0.3) is 0 Å². The van der Waals surface area contributed by atoms with Crippen LogP contribution in [0, 0.1) is 0 Å². The zero-order chi connectivity index (χ0) is 7.98. The van der Waals surface area contributed by atoms with Crippen LogP contribution in [-0.2, 0) is 4.74 Å². The lowest BCUT2D eigenvalue weighted by molar-refractivity contribution is 0.0620. The van der Waals surface area contributed by atoms with Gasteiger partial charge in [-0.15, -0.1) is 0 Å². The van der Waals surface area contributed by atoms with Crippen molar-refractivity contribution in [3.8, 4) is 0 Å². The van der Waals surface area contributed by atoms with Gasteiger partial charge in [-0.2, -0.15) is 0 Å². The van der Waals surface area contributed by atoms with Crippen LogP contribution in [-0.4, -0.2) is 25.8 Å². The second-order valence-corrected chi connectivity index (χ2v) is 2.78. The Bertz CT molecular complexity index is 69.7. The van der Waals surface area contributed by atoms with Gasteiger partial charge in [0.05, 0.1) is 12.7 Å². The minimum Gasteiger partial charge on any atom is -0.377 e. The van der Waals surface area contributed by atoms with Gasteiger partial charge in [-0.05, 0) is 27.3 Å². The predicted octanol–water partition coefficient (Wildman–Crippen LogP) is 1.41. The van der Waals surface area contributed by atoms with Crippen LogP contribution < -0.4 is 5.32 Å². The highest BCUT2D eigenvalue weighted by atomic mass is 16.5. The first-order valence-electron chi connectivity index (χ1n) is 3.99. The van der Waals surface area contributed by atoms with Crippen molar-refractivity contribution in [3.05, 3.63) is 0 Å². The molecular weight excluding hydrogens is 126 g/mol. The number of hydrogen-bond acceptors (Lipinski definition) is 2. The Morgan fingerprint density at radius 1 is 1.40 bits per heavy atom. The van der Waals surface area contributed by atoms with E-state index in [2.05, 4.69) is 26.1 Å². The summed E-state index contributed by atoms with van der Waals surface area (Å²) in [6.45, 7) is 7.10. The molecule has 0 aromatic carbocycles. The van der Waals surface area contributed by atoms with Crippen molar-refractivity contribution < 1.29 is 4.74 Å². The minimum atomic E-state index is 0.349. The van der Waals surface area contributed by atoms with E-state index in [9.17, 15) is 0 Å². The molecule has 0 aliphatic carbocycles. The van der Waals surface area contributed by atoms with Gasteiger partial charge in [-0.1, -0.05) is 6.92 Å². The molecule has 0 heterocycles. The molecule has 0 radical (unpaired) electrons. The van der Waals surface area contributed by atoms with Gasteiger partial charge >= 0.3 is 0 Å². The first kappa shape index (κ1) is 9.92. The number of hydrogen-bond donors (Lipinski definition) is 1. The largest absolute Gasteiger partial charge is 0.377 e. The first-order valence-corrected chi connectivity index (χ1v) is 3.99. The zero-order valence-corrected chi connectivity index (χ0v) is 7.48. The summed E-state index contributed by atoms with van der Waals surface area (Å²) in [6, 6.07) is 0.516. The van der Waals surface area contributed by atoms with E-state index in [4.69, 9.17) is 4.74 Å². The van der Waals surface area contributed by atoms with Crippen molar-refractivity contribution >= 4 is 0 Å². The standard InChI is InChI=1S/C8H19NO/c1-5-8(9-4)6-10-7(2)3/h7-9H,5-6H2,1-4H3. The van der Waals surface area contributed by atoms with E-state index in [1.807, 2.05) is 7.05 Å². The topological polar surface area (TPSA) is 21.3 Å². The lowest BCUT2D eigenvalue weighted by atomic mass is 10.2. The van der Waals surface area contributed by atoms with Gasteiger partial charge < -0.3 is 10.1 Å². The smallest absolute Gasteiger partial charge is 0.0622 e. The molecule has 2 nitrogen and oxygen atoms in total. The minimum absolute atomic E-state index is 0.349. The van der Waals surface area contributed by atoms with Gasteiger partial charge in [0.15, 0.2) is 0 Å². The van der Waals surface area contributed by atoms with E-state index >= 15 is 0 Å². The molecule has 0 spiro atoms. The summed E-state index contributed by atoms with van der Waals surface area (Å²) in [4.78, 5) is 0. The van der Waals surface area contributed by atoms with E-state index in [0.29, 0.717) is 12.1 Å². The molecule has 0 bridgehead atoms. The maximum atomic E-state index is 5.42. The molecule has 0 fully saturated rings. The fourth-order valence-electron chi connectivity index (χ4n) is 0.714. The molecule has 62 valence electrons. The lowest BCUT2D eigenvalue weighted by Crippen LogP contribution is -2.30. The van der Waals surface area contributed by atoms with Crippen LogP contribution in [0.1, 0.15) is 27.2 Å². The molecule has 0 amide bonds. The third-order valence-electron chi connectivity index (χ3n) is 1.53. The van der Waals surface area contributed by atoms with E-state index < -0.39 is 0 Å². The second-order valence-electron chi connectivity index (χ2n) is 2.78. The van der Waals surface area contributed by atoms with Crippen LogP contribution in [0.25, 0.3) is 0 Å². The highest BCUT2D eigenvalue weighted by Crippen LogP contribution is 1.94. The summed E-state index contributed by atoms with van der Waals surface area (Å²) in [5.74, 6) is 0. The predicted molar refractivity (Wildman–Crippen MR) is 44.2 cm³/mol. The van der Waals surface area contributed by atoms with Gasteiger partial charge in [0.2, 0.25) is 0 Å². The fourth-order valence-corrected chi connectivity index (χ4v) is 0.714. The molecule has 0 aliphatic heterocycles. The Hall–Kier alpha value is -0.0800. The SMILES string of the molecule is CCC(COC(C)C)NC. The number of nitrogens with one attached hydrogen (secondary N) is 1. The van der Waals surface area contributed by atoms with Crippen molar-refractivity contribution in [2.45, 2.75) is 39.3 Å². The van der Waals surface area contributed by atoms with Crippen LogP contribution in [0.4, 0.5) is 0 Å². The second kappa shape index (κ2) is 5.69. The summed E-state index contributed by atoms with van der Waals surface area (Å²) in [6.07, 6.45) is 1.48. The zero-order valence-electron chi connectivity index (χ0n) is 7.48. The monoisotopic (exact) mass is 145 g/mol. The van der Waals surface area contributed by atoms with Crippen LogP contribution >= 0.6 is 0 Å². The molecule has 0 rings (SSSR count). The summed E-state index contributed by atoms with van der Waals surface area (Å²) in [5, 5.41) is 3.18. The average Bonchev–Trinajstić information content (AvgIpc) is 1.90. The summed E-state index contributed by atoms with van der Waals surface area (Å²) in [7, 11) is 1.97. The quantitative estimate of drug-likeness (QED) is 0.631. The highest BCUT2D eigenvalue weighted by molar-refractivity contribution is 4.60. The highest BCUT2D eigenvalue weighted by Gasteiger charge is 2.02. The Labute approximate surface area is 64.0 Å².